The zero-order chi connectivity index (χ0) is 18.0. The van der Waals surface area contributed by atoms with Crippen LogP contribution in [0.2, 0.25) is 0 Å². The average Bonchev–Trinajstić information content (AvgIpc) is 2.86. The van der Waals surface area contributed by atoms with E-state index in [-0.39, 0.29) is 63.0 Å². The number of ether oxygens (including phenoxy) is 1. The summed E-state index contributed by atoms with van der Waals surface area (Å²) in [6, 6.07) is -0.886. The Balaban J connectivity index is 0.00000312. The number of rotatable bonds is 6. The molecule has 25 heavy (non-hydrogen) atoms. The summed E-state index contributed by atoms with van der Waals surface area (Å²) in [5, 5.41) is 2.53. The first-order valence-electron chi connectivity index (χ1n) is 8.10. The van der Waals surface area contributed by atoms with Crippen molar-refractivity contribution in [1.82, 2.24) is 14.5 Å². The second-order valence-electron chi connectivity index (χ2n) is 6.45. The lowest BCUT2D eigenvalue weighted by molar-refractivity contribution is -0.134. The van der Waals surface area contributed by atoms with E-state index in [0.717, 1.165) is 0 Å². The smallest absolute Gasteiger partial charge is 0.262 e. The molecule has 0 spiro atoms. The summed E-state index contributed by atoms with van der Waals surface area (Å²) in [6.07, 6.45) is -0.539. The molecule has 2 saturated heterocycles. The lowest BCUT2D eigenvalue weighted by Crippen LogP contribution is -2.54. The second kappa shape index (κ2) is 8.90. The second-order valence-corrected chi connectivity index (χ2v) is 8.54. The fourth-order valence-corrected chi connectivity index (χ4v) is 4.10. The van der Waals surface area contributed by atoms with Crippen LogP contribution in [0.4, 0.5) is 8.78 Å². The van der Waals surface area contributed by atoms with Gasteiger partial charge in [-0.3, -0.25) is 10.1 Å². The molecular weight excluding hydrogens is 380 g/mol. The summed E-state index contributed by atoms with van der Waals surface area (Å²) < 4.78 is 57.4. The number of nitrogens with one attached hydrogen (secondary N) is 1. The zero-order valence-corrected chi connectivity index (χ0v) is 16.0. The zero-order valence-electron chi connectivity index (χ0n) is 14.4. The minimum Gasteiger partial charge on any atom is -0.378 e. The normalized spacial score (nSPS) is 24.4. The Morgan fingerprint density at radius 3 is 2.36 bits per heavy atom. The molecule has 0 bridgehead atoms. The molecule has 2 aliphatic heterocycles. The van der Waals surface area contributed by atoms with Gasteiger partial charge < -0.3 is 9.64 Å². The fourth-order valence-electron chi connectivity index (χ4n) is 2.82. The number of sulfonamides is 1. The first-order valence-corrected chi connectivity index (χ1v) is 9.71. The number of hydrogen-bond donors (Lipinski definition) is 1. The van der Waals surface area contributed by atoms with Crippen molar-refractivity contribution in [2.24, 2.45) is 0 Å². The fraction of sp³-hybridized carbons (Fsp3) is 0.929. The molecule has 0 saturated carbocycles. The predicted molar refractivity (Wildman–Crippen MR) is 91.6 cm³/mol. The van der Waals surface area contributed by atoms with E-state index in [9.17, 15) is 22.0 Å². The van der Waals surface area contributed by atoms with Crippen molar-refractivity contribution < 1.29 is 26.7 Å². The van der Waals surface area contributed by atoms with Crippen molar-refractivity contribution in [2.75, 3.05) is 45.1 Å². The van der Waals surface area contributed by atoms with Gasteiger partial charge in [-0.05, 0) is 13.8 Å². The summed E-state index contributed by atoms with van der Waals surface area (Å²) in [6.45, 7) is 4.08. The number of carbonyl (C=O) groups excluding carboxylic acids is 1. The van der Waals surface area contributed by atoms with Crippen LogP contribution in [0, 0.1) is 0 Å². The molecule has 0 aliphatic carbocycles. The first-order chi connectivity index (χ1) is 11.1. The highest BCUT2D eigenvalue weighted by atomic mass is 35.5. The van der Waals surface area contributed by atoms with Gasteiger partial charge in [0.05, 0.1) is 31.1 Å². The topological polar surface area (TPSA) is 79.0 Å². The Hall–Kier alpha value is -0.550. The molecule has 2 aliphatic rings. The molecule has 148 valence electrons. The summed E-state index contributed by atoms with van der Waals surface area (Å²) in [4.78, 5) is 13.7. The Morgan fingerprint density at radius 2 is 1.88 bits per heavy atom. The highest BCUT2D eigenvalue weighted by Crippen LogP contribution is 2.26. The summed E-state index contributed by atoms with van der Waals surface area (Å²) in [5.41, 5.74) is 0. The van der Waals surface area contributed by atoms with E-state index in [1.165, 1.54) is 9.21 Å². The molecule has 2 rings (SSSR count). The van der Waals surface area contributed by atoms with Crippen LogP contribution in [0.1, 0.15) is 20.3 Å². The Labute approximate surface area is 153 Å². The van der Waals surface area contributed by atoms with Crippen LogP contribution < -0.4 is 5.32 Å². The van der Waals surface area contributed by atoms with Crippen molar-refractivity contribution in [3.8, 4) is 0 Å². The highest BCUT2D eigenvalue weighted by Gasteiger charge is 2.44. The largest absolute Gasteiger partial charge is 0.378 e. The molecule has 2 fully saturated rings. The molecule has 11 heteroatoms. The van der Waals surface area contributed by atoms with E-state index >= 15 is 0 Å². The third-order valence-corrected chi connectivity index (χ3v) is 5.98. The number of hydrogen-bond acceptors (Lipinski definition) is 5. The van der Waals surface area contributed by atoms with Gasteiger partial charge in [0.25, 0.3) is 5.92 Å². The number of alkyl halides is 2. The van der Waals surface area contributed by atoms with E-state index in [1.807, 2.05) is 13.8 Å². The SMILES string of the molecule is CC(C)OCCS(=O)(=O)N1CCN(C(=O)C2CC(F)(F)CN2)CC1.Cl. The number of piperazine rings is 1. The minimum absolute atomic E-state index is 0. The van der Waals surface area contributed by atoms with Crippen LogP contribution in [-0.4, -0.2) is 86.7 Å². The third-order valence-electron chi connectivity index (χ3n) is 4.14. The quantitative estimate of drug-likeness (QED) is 0.687. The number of carbonyl (C=O) groups is 1. The molecule has 1 N–H and O–H groups in total. The van der Waals surface area contributed by atoms with Gasteiger partial charge in [-0.15, -0.1) is 12.4 Å². The molecule has 0 aromatic carbocycles. The molecular formula is C14H26ClF2N3O4S. The number of amides is 1. The summed E-state index contributed by atoms with van der Waals surface area (Å²) >= 11 is 0. The molecule has 1 amide bonds. The van der Waals surface area contributed by atoms with E-state index in [2.05, 4.69) is 5.32 Å². The van der Waals surface area contributed by atoms with Gasteiger partial charge in [0, 0.05) is 32.6 Å². The van der Waals surface area contributed by atoms with Crippen LogP contribution in [0.15, 0.2) is 0 Å². The van der Waals surface area contributed by atoms with Crippen LogP contribution >= 0.6 is 12.4 Å². The van der Waals surface area contributed by atoms with E-state index in [0.29, 0.717) is 0 Å². The molecule has 2 heterocycles. The van der Waals surface area contributed by atoms with Gasteiger partial charge in [0.1, 0.15) is 0 Å². The maximum absolute atomic E-state index is 13.2. The minimum atomic E-state index is -3.43. The van der Waals surface area contributed by atoms with Gasteiger partial charge in [-0.2, -0.15) is 4.31 Å². The third kappa shape index (κ3) is 6.28. The van der Waals surface area contributed by atoms with E-state index in [1.54, 1.807) is 0 Å². The van der Waals surface area contributed by atoms with Gasteiger partial charge in [-0.25, -0.2) is 17.2 Å². The van der Waals surface area contributed by atoms with Crippen LogP contribution in [0.25, 0.3) is 0 Å². The Bertz CT molecular complexity index is 554. The van der Waals surface area contributed by atoms with Crippen molar-refractivity contribution in [3.05, 3.63) is 0 Å². The lowest BCUT2D eigenvalue weighted by atomic mass is 10.1. The molecule has 7 nitrogen and oxygen atoms in total. The van der Waals surface area contributed by atoms with Gasteiger partial charge >= 0.3 is 0 Å². The molecule has 0 radical (unpaired) electrons. The van der Waals surface area contributed by atoms with Crippen LogP contribution in [-0.2, 0) is 19.6 Å². The maximum atomic E-state index is 13.2. The Morgan fingerprint density at radius 1 is 1.28 bits per heavy atom. The van der Waals surface area contributed by atoms with Gasteiger partial charge in [0.2, 0.25) is 15.9 Å². The van der Waals surface area contributed by atoms with Crippen LogP contribution in [0.5, 0.6) is 0 Å². The summed E-state index contributed by atoms with van der Waals surface area (Å²) in [5.74, 6) is -3.34. The molecule has 1 atom stereocenters. The highest BCUT2D eigenvalue weighted by molar-refractivity contribution is 7.89. The van der Waals surface area contributed by atoms with Crippen molar-refractivity contribution >= 4 is 28.3 Å². The monoisotopic (exact) mass is 405 g/mol. The number of nitrogens with zero attached hydrogens (tertiary/aromatic N) is 2. The van der Waals surface area contributed by atoms with Crippen molar-refractivity contribution in [1.29, 1.82) is 0 Å². The van der Waals surface area contributed by atoms with Crippen molar-refractivity contribution in [2.45, 2.75) is 38.3 Å². The lowest BCUT2D eigenvalue weighted by Gasteiger charge is -2.35. The molecule has 0 aromatic rings. The van der Waals surface area contributed by atoms with Gasteiger partial charge in [-0.1, -0.05) is 0 Å². The molecule has 1 unspecified atom stereocenters. The Kier molecular flexibility index (Phi) is 8.00. The predicted octanol–water partition coefficient (Wildman–Crippen LogP) is 0.304. The van der Waals surface area contributed by atoms with Gasteiger partial charge in [0.15, 0.2) is 0 Å². The van der Waals surface area contributed by atoms with Crippen LogP contribution in [0.3, 0.4) is 0 Å². The standard InChI is InChI=1S/C14H25F2N3O4S.ClH/c1-11(2)23-7-8-24(21,22)19-5-3-18(4-6-19)13(20)12-9-14(15,16)10-17-12;/h11-12,17H,3-10H2,1-2H3;1H. The maximum Gasteiger partial charge on any atom is 0.262 e. The van der Waals surface area contributed by atoms with E-state index < -0.39 is 35.0 Å². The summed E-state index contributed by atoms with van der Waals surface area (Å²) in [7, 11) is -3.43. The number of halogens is 3. The average molecular weight is 406 g/mol. The molecule has 0 aromatic heterocycles. The first kappa shape index (κ1) is 22.5. The van der Waals surface area contributed by atoms with Crippen molar-refractivity contribution in [3.63, 3.8) is 0 Å². The van der Waals surface area contributed by atoms with E-state index in [4.69, 9.17) is 4.74 Å².